The molecule has 0 radical (unpaired) electrons. The number of carbonyl (C=O) groups excluding carboxylic acids is 3. The molecule has 1 fully saturated rings. The van der Waals surface area contributed by atoms with Crippen molar-refractivity contribution in [3.8, 4) is 11.5 Å². The zero-order chi connectivity index (χ0) is 26.9. The second kappa shape index (κ2) is 13.5. The number of imide groups is 1. The summed E-state index contributed by atoms with van der Waals surface area (Å²) < 4.78 is 18.2. The van der Waals surface area contributed by atoms with E-state index in [4.69, 9.17) is 14.2 Å². The molecule has 196 valence electrons. The van der Waals surface area contributed by atoms with Crippen LogP contribution in [0.25, 0.3) is 6.08 Å². The molecule has 0 aromatic heterocycles. The van der Waals surface area contributed by atoms with Gasteiger partial charge in [-0.05, 0) is 79.9 Å². The summed E-state index contributed by atoms with van der Waals surface area (Å²) in [5, 5.41) is -0.511. The number of rotatable bonds is 12. The van der Waals surface area contributed by atoms with E-state index in [0.717, 1.165) is 32.3 Å². The van der Waals surface area contributed by atoms with Gasteiger partial charge in [-0.2, -0.15) is 0 Å². The molecule has 2 aromatic carbocycles. The minimum atomic E-state index is -0.614. The zero-order valence-electron chi connectivity index (χ0n) is 21.1. The van der Waals surface area contributed by atoms with Crippen LogP contribution < -0.4 is 9.47 Å². The summed E-state index contributed by atoms with van der Waals surface area (Å²) in [4.78, 5) is 38.6. The average Bonchev–Trinajstić information content (AvgIpc) is 3.12. The van der Waals surface area contributed by atoms with E-state index in [1.807, 2.05) is 44.2 Å². The van der Waals surface area contributed by atoms with Crippen LogP contribution >= 0.6 is 27.7 Å². The third-order valence-corrected chi connectivity index (χ3v) is 6.92. The van der Waals surface area contributed by atoms with Gasteiger partial charge in [-0.3, -0.25) is 19.3 Å². The van der Waals surface area contributed by atoms with E-state index in [2.05, 4.69) is 22.5 Å². The number of carbonyl (C=O) groups is 3. The fourth-order valence-electron chi connectivity index (χ4n) is 3.50. The van der Waals surface area contributed by atoms with Crippen LogP contribution in [0.3, 0.4) is 0 Å². The Labute approximate surface area is 230 Å². The monoisotopic (exact) mass is 587 g/mol. The molecule has 0 unspecified atom stereocenters. The van der Waals surface area contributed by atoms with Gasteiger partial charge in [0.2, 0.25) is 0 Å². The van der Waals surface area contributed by atoms with E-state index in [1.165, 1.54) is 0 Å². The van der Waals surface area contributed by atoms with Gasteiger partial charge < -0.3 is 14.2 Å². The van der Waals surface area contributed by atoms with Gasteiger partial charge in [-0.1, -0.05) is 41.1 Å². The Balaban J connectivity index is 1.86. The zero-order valence-corrected chi connectivity index (χ0v) is 23.5. The van der Waals surface area contributed by atoms with E-state index >= 15 is 0 Å². The van der Waals surface area contributed by atoms with Crippen molar-refractivity contribution in [3.63, 3.8) is 0 Å². The van der Waals surface area contributed by atoms with Crippen LogP contribution in [0.4, 0.5) is 4.79 Å². The van der Waals surface area contributed by atoms with E-state index in [-0.39, 0.29) is 11.0 Å². The lowest BCUT2D eigenvalue weighted by molar-refractivity contribution is -0.150. The van der Waals surface area contributed by atoms with Crippen molar-refractivity contribution in [1.82, 2.24) is 4.90 Å². The predicted molar refractivity (Wildman–Crippen MR) is 149 cm³/mol. The first-order valence-electron chi connectivity index (χ1n) is 12.0. The van der Waals surface area contributed by atoms with Crippen LogP contribution in [0.1, 0.15) is 43.9 Å². The first-order chi connectivity index (χ1) is 17.7. The topological polar surface area (TPSA) is 82.1 Å². The number of halogens is 1. The van der Waals surface area contributed by atoms with Crippen molar-refractivity contribution in [2.45, 2.75) is 46.3 Å². The highest BCUT2D eigenvalue weighted by Crippen LogP contribution is 2.38. The van der Waals surface area contributed by atoms with Crippen LogP contribution in [0.5, 0.6) is 11.5 Å². The van der Waals surface area contributed by atoms with Crippen molar-refractivity contribution in [1.29, 1.82) is 0 Å². The minimum absolute atomic E-state index is 0.219. The molecule has 3 rings (SSSR count). The molecule has 2 amide bonds. The number of hydrogen-bond donors (Lipinski definition) is 0. The molecule has 7 nitrogen and oxygen atoms in total. The minimum Gasteiger partial charge on any atom is -0.490 e. The number of benzene rings is 2. The maximum absolute atomic E-state index is 12.9. The fourth-order valence-corrected chi connectivity index (χ4v) is 4.60. The maximum Gasteiger partial charge on any atom is 0.326 e. The van der Waals surface area contributed by atoms with Crippen molar-refractivity contribution in [3.05, 3.63) is 75.1 Å². The van der Waals surface area contributed by atoms with Crippen LogP contribution in [0.15, 0.2) is 58.4 Å². The summed E-state index contributed by atoms with van der Waals surface area (Å²) in [6.07, 6.45) is 4.26. The van der Waals surface area contributed by atoms with Gasteiger partial charge in [0, 0.05) is 10.0 Å². The summed E-state index contributed by atoms with van der Waals surface area (Å²) in [5.41, 5.74) is 2.50. The largest absolute Gasteiger partial charge is 0.490 e. The quantitative estimate of drug-likeness (QED) is 0.158. The van der Waals surface area contributed by atoms with E-state index in [1.54, 1.807) is 25.1 Å². The number of thioether (sulfide) groups is 1. The summed E-state index contributed by atoms with van der Waals surface area (Å²) in [7, 11) is 0. The molecule has 2 aromatic rings. The second-order valence-corrected chi connectivity index (χ2v) is 10.2. The van der Waals surface area contributed by atoms with Crippen LogP contribution in [-0.2, 0) is 27.4 Å². The second-order valence-electron chi connectivity index (χ2n) is 8.32. The van der Waals surface area contributed by atoms with Gasteiger partial charge in [-0.25, -0.2) is 0 Å². The first-order valence-corrected chi connectivity index (χ1v) is 13.6. The predicted octanol–water partition coefficient (Wildman–Crippen LogP) is 6.53. The third-order valence-electron chi connectivity index (χ3n) is 5.48. The summed E-state index contributed by atoms with van der Waals surface area (Å²) in [6.45, 7) is 9.72. The molecule has 9 heteroatoms. The van der Waals surface area contributed by atoms with Gasteiger partial charge in [0.1, 0.15) is 13.2 Å². The Kier molecular flexibility index (Phi) is 10.4. The molecule has 0 saturated carbocycles. The molecule has 0 spiro atoms. The highest BCUT2D eigenvalue weighted by Gasteiger charge is 2.37. The molecule has 1 aliphatic rings. The summed E-state index contributed by atoms with van der Waals surface area (Å²) in [5.74, 6) is -0.0174. The number of nitrogens with zero attached hydrogens (tertiary/aromatic N) is 1. The average molecular weight is 589 g/mol. The highest BCUT2D eigenvalue weighted by atomic mass is 79.9. The lowest BCUT2D eigenvalue weighted by Gasteiger charge is -2.17. The van der Waals surface area contributed by atoms with Crippen LogP contribution in [0.2, 0.25) is 0 Å². The van der Waals surface area contributed by atoms with Crippen molar-refractivity contribution in [2.24, 2.45) is 0 Å². The van der Waals surface area contributed by atoms with Gasteiger partial charge >= 0.3 is 5.97 Å². The number of esters is 1. The molecular formula is C28H30BrNO6S. The molecule has 0 bridgehead atoms. The summed E-state index contributed by atoms with van der Waals surface area (Å²) in [6, 6.07) is 11.5. The third kappa shape index (κ3) is 7.72. The molecule has 1 heterocycles. The Morgan fingerprint density at radius 3 is 2.54 bits per heavy atom. The lowest BCUT2D eigenvalue weighted by atomic mass is 10.0. The number of hydrogen-bond acceptors (Lipinski definition) is 7. The van der Waals surface area contributed by atoms with Gasteiger partial charge in [0.25, 0.3) is 11.1 Å². The Morgan fingerprint density at radius 2 is 1.89 bits per heavy atom. The van der Waals surface area contributed by atoms with Crippen LogP contribution in [-0.4, -0.2) is 41.3 Å². The molecule has 0 N–H and O–H groups in total. The van der Waals surface area contributed by atoms with Crippen LogP contribution in [0, 0.1) is 0 Å². The maximum atomic E-state index is 12.9. The normalized spacial score (nSPS) is 15.1. The standard InChI is InChI=1S/C28H30BrNO6S/c1-5-8-21-13-20(14-23(34-7-3)26(21)35-17-19-9-11-22(29)12-10-19)15-24-27(32)30(28(33)37-24)16-25(31)36-18(4)6-2/h5,9-15,18H,1,6-8,16-17H2,2-4H3/b24-15-/t18-/m1/s1. The first kappa shape index (κ1) is 28.5. The Bertz CT molecular complexity index is 1190. The number of amides is 2. The van der Waals surface area contributed by atoms with E-state index < -0.39 is 23.7 Å². The number of ether oxygens (including phenoxy) is 3. The molecule has 1 saturated heterocycles. The number of allylic oxidation sites excluding steroid dienone is 1. The van der Waals surface area contributed by atoms with E-state index in [9.17, 15) is 14.4 Å². The fraction of sp³-hybridized carbons (Fsp3) is 0.321. The molecular weight excluding hydrogens is 558 g/mol. The molecule has 1 atom stereocenters. The van der Waals surface area contributed by atoms with E-state index in [0.29, 0.717) is 43.1 Å². The smallest absolute Gasteiger partial charge is 0.326 e. The van der Waals surface area contributed by atoms with Crippen molar-refractivity contribution in [2.75, 3.05) is 13.2 Å². The van der Waals surface area contributed by atoms with Gasteiger partial charge in [-0.15, -0.1) is 6.58 Å². The van der Waals surface area contributed by atoms with Crippen molar-refractivity contribution < 1.29 is 28.6 Å². The summed E-state index contributed by atoms with van der Waals surface area (Å²) >= 11 is 4.22. The highest BCUT2D eigenvalue weighted by molar-refractivity contribution is 9.10. The Morgan fingerprint density at radius 1 is 1.16 bits per heavy atom. The van der Waals surface area contributed by atoms with Gasteiger partial charge in [0.05, 0.1) is 17.6 Å². The molecule has 0 aliphatic carbocycles. The lowest BCUT2D eigenvalue weighted by Crippen LogP contribution is -2.35. The molecule has 37 heavy (non-hydrogen) atoms. The Hall–Kier alpha value is -3.04. The van der Waals surface area contributed by atoms with Gasteiger partial charge in [0.15, 0.2) is 11.5 Å². The molecule has 1 aliphatic heterocycles. The van der Waals surface area contributed by atoms with Crippen molar-refractivity contribution >= 4 is 50.9 Å². The SMILES string of the molecule is C=CCc1cc(/C=C2\SC(=O)N(CC(=O)O[C@H](C)CC)C2=O)cc(OCC)c1OCc1ccc(Br)cc1.